The number of carbonyl (C=O) groups is 1. The van der Waals surface area contributed by atoms with E-state index in [4.69, 9.17) is 9.47 Å². The highest BCUT2D eigenvalue weighted by Gasteiger charge is 2.35. The van der Waals surface area contributed by atoms with E-state index in [9.17, 15) is 13.2 Å². The number of benzene rings is 2. The van der Waals surface area contributed by atoms with Gasteiger partial charge in [-0.25, -0.2) is 8.42 Å². The SMILES string of the molecule is COc1ccccc1[C@H](C)NC(=O)[C@H]1CN(S(C)(=O)=O)c2cc(C)ccc2O1. The van der Waals surface area contributed by atoms with Gasteiger partial charge in [0.25, 0.3) is 5.91 Å². The zero-order chi connectivity index (χ0) is 20.5. The lowest BCUT2D eigenvalue weighted by atomic mass is 10.1. The molecule has 0 aromatic heterocycles. The summed E-state index contributed by atoms with van der Waals surface area (Å²) in [4.78, 5) is 12.8. The molecule has 8 heteroatoms. The van der Waals surface area contributed by atoms with Gasteiger partial charge in [-0.3, -0.25) is 9.10 Å². The minimum absolute atomic E-state index is 0.0836. The summed E-state index contributed by atoms with van der Waals surface area (Å²) in [7, 11) is -1.99. The summed E-state index contributed by atoms with van der Waals surface area (Å²) < 4.78 is 36.9. The lowest BCUT2D eigenvalue weighted by Crippen LogP contribution is -2.50. The van der Waals surface area contributed by atoms with E-state index in [0.29, 0.717) is 17.2 Å². The standard InChI is InChI=1S/C20H24N2O5S/c1-13-9-10-18-16(11-13)22(28(4,24)25)12-19(27-18)20(23)21-14(2)15-7-5-6-8-17(15)26-3/h5-11,14,19H,12H2,1-4H3,(H,21,23)/t14-,19+/m0/s1. The number of para-hydroxylation sites is 1. The van der Waals surface area contributed by atoms with E-state index < -0.39 is 22.0 Å². The molecule has 0 bridgehead atoms. The van der Waals surface area contributed by atoms with Crippen LogP contribution in [-0.4, -0.2) is 40.3 Å². The summed E-state index contributed by atoms with van der Waals surface area (Å²) in [6, 6.07) is 12.3. The molecule has 2 atom stereocenters. The molecule has 28 heavy (non-hydrogen) atoms. The van der Waals surface area contributed by atoms with Crippen LogP contribution >= 0.6 is 0 Å². The summed E-state index contributed by atoms with van der Waals surface area (Å²) in [5.74, 6) is 0.643. The number of carbonyl (C=O) groups excluding carboxylic acids is 1. The molecule has 1 amide bonds. The second-order valence-corrected chi connectivity index (χ2v) is 8.75. The van der Waals surface area contributed by atoms with Crippen LogP contribution in [0.3, 0.4) is 0 Å². The van der Waals surface area contributed by atoms with E-state index in [1.54, 1.807) is 19.2 Å². The maximum atomic E-state index is 12.8. The average molecular weight is 404 g/mol. The van der Waals surface area contributed by atoms with Crippen molar-refractivity contribution in [3.63, 3.8) is 0 Å². The second kappa shape index (κ2) is 7.71. The Morgan fingerprint density at radius 1 is 1.29 bits per heavy atom. The molecule has 1 aliphatic heterocycles. The van der Waals surface area contributed by atoms with E-state index in [-0.39, 0.29) is 12.6 Å². The predicted octanol–water partition coefficient (Wildman–Crippen LogP) is 2.41. The molecular formula is C20H24N2O5S. The molecule has 150 valence electrons. The lowest BCUT2D eigenvalue weighted by Gasteiger charge is -2.34. The maximum absolute atomic E-state index is 12.8. The Morgan fingerprint density at radius 2 is 2.00 bits per heavy atom. The van der Waals surface area contributed by atoms with Gasteiger partial charge in [0.1, 0.15) is 11.5 Å². The fraction of sp³-hybridized carbons (Fsp3) is 0.350. The zero-order valence-electron chi connectivity index (χ0n) is 16.3. The monoisotopic (exact) mass is 404 g/mol. The Kier molecular flexibility index (Phi) is 5.51. The van der Waals surface area contributed by atoms with Crippen LogP contribution in [0.2, 0.25) is 0 Å². The van der Waals surface area contributed by atoms with Crippen LogP contribution in [0.4, 0.5) is 5.69 Å². The Balaban J connectivity index is 1.84. The van der Waals surface area contributed by atoms with Gasteiger partial charge < -0.3 is 14.8 Å². The Labute approximate surface area is 165 Å². The molecule has 1 aliphatic rings. The molecular weight excluding hydrogens is 380 g/mol. The van der Waals surface area contributed by atoms with E-state index >= 15 is 0 Å². The van der Waals surface area contributed by atoms with Crippen molar-refractivity contribution in [3.05, 3.63) is 53.6 Å². The number of aryl methyl sites for hydroxylation is 1. The van der Waals surface area contributed by atoms with Crippen molar-refractivity contribution < 1.29 is 22.7 Å². The first-order valence-corrected chi connectivity index (χ1v) is 10.7. The van der Waals surface area contributed by atoms with Crippen LogP contribution in [0.1, 0.15) is 24.1 Å². The fourth-order valence-electron chi connectivity index (χ4n) is 3.22. The molecule has 0 radical (unpaired) electrons. The quantitative estimate of drug-likeness (QED) is 0.827. The number of anilines is 1. The number of rotatable bonds is 5. The van der Waals surface area contributed by atoms with Crippen LogP contribution < -0.4 is 19.1 Å². The van der Waals surface area contributed by atoms with Crippen LogP contribution in [0, 0.1) is 6.92 Å². The van der Waals surface area contributed by atoms with Crippen molar-refractivity contribution in [2.24, 2.45) is 0 Å². The van der Waals surface area contributed by atoms with E-state index in [0.717, 1.165) is 17.4 Å². The minimum atomic E-state index is -3.56. The molecule has 3 rings (SSSR count). The van der Waals surface area contributed by atoms with Gasteiger partial charge in [0.05, 0.1) is 31.6 Å². The first-order chi connectivity index (χ1) is 13.2. The molecule has 0 aliphatic carbocycles. The number of nitrogens with one attached hydrogen (secondary N) is 1. The number of hydrogen-bond donors (Lipinski definition) is 1. The number of methoxy groups -OCH3 is 1. The van der Waals surface area contributed by atoms with Crippen LogP contribution in [0.5, 0.6) is 11.5 Å². The molecule has 0 saturated heterocycles. The number of nitrogens with zero attached hydrogens (tertiary/aromatic N) is 1. The first-order valence-electron chi connectivity index (χ1n) is 8.89. The average Bonchev–Trinajstić information content (AvgIpc) is 2.66. The maximum Gasteiger partial charge on any atom is 0.263 e. The Morgan fingerprint density at radius 3 is 2.68 bits per heavy atom. The number of hydrogen-bond acceptors (Lipinski definition) is 5. The predicted molar refractivity (Wildman–Crippen MR) is 107 cm³/mol. The molecule has 0 saturated carbocycles. The summed E-state index contributed by atoms with van der Waals surface area (Å²) in [6.45, 7) is 3.62. The largest absolute Gasteiger partial charge is 0.496 e. The Bertz CT molecular complexity index is 990. The van der Waals surface area contributed by atoms with Crippen molar-refractivity contribution in [3.8, 4) is 11.5 Å². The van der Waals surface area contributed by atoms with Gasteiger partial charge in [0.2, 0.25) is 10.0 Å². The van der Waals surface area contributed by atoms with Gasteiger partial charge in [0.15, 0.2) is 6.10 Å². The van der Waals surface area contributed by atoms with E-state index in [1.165, 1.54) is 4.31 Å². The van der Waals surface area contributed by atoms with Crippen molar-refractivity contribution in [1.82, 2.24) is 5.32 Å². The molecule has 2 aromatic carbocycles. The Hall–Kier alpha value is -2.74. The number of ether oxygens (including phenoxy) is 2. The van der Waals surface area contributed by atoms with Crippen LogP contribution in [0.15, 0.2) is 42.5 Å². The van der Waals surface area contributed by atoms with E-state index in [2.05, 4.69) is 5.32 Å². The summed E-state index contributed by atoms with van der Waals surface area (Å²) in [5.41, 5.74) is 2.18. The fourth-order valence-corrected chi connectivity index (χ4v) is 4.13. The van der Waals surface area contributed by atoms with Crippen molar-refractivity contribution >= 4 is 21.6 Å². The third-order valence-corrected chi connectivity index (χ3v) is 5.79. The van der Waals surface area contributed by atoms with Gasteiger partial charge in [-0.2, -0.15) is 0 Å². The van der Waals surface area contributed by atoms with Crippen molar-refractivity contribution in [2.75, 3.05) is 24.2 Å². The zero-order valence-corrected chi connectivity index (χ0v) is 17.1. The van der Waals surface area contributed by atoms with Crippen LogP contribution in [-0.2, 0) is 14.8 Å². The number of sulfonamides is 1. The van der Waals surface area contributed by atoms with E-state index in [1.807, 2.05) is 44.2 Å². The molecule has 2 aromatic rings. The highest BCUT2D eigenvalue weighted by molar-refractivity contribution is 7.92. The van der Waals surface area contributed by atoms with Crippen molar-refractivity contribution in [2.45, 2.75) is 26.0 Å². The number of fused-ring (bicyclic) bond motifs is 1. The highest BCUT2D eigenvalue weighted by Crippen LogP contribution is 2.36. The lowest BCUT2D eigenvalue weighted by molar-refractivity contribution is -0.128. The third kappa shape index (κ3) is 4.06. The topological polar surface area (TPSA) is 84.9 Å². The first kappa shape index (κ1) is 20.0. The van der Waals surface area contributed by atoms with Gasteiger partial charge in [-0.05, 0) is 37.6 Å². The molecule has 1 N–H and O–H groups in total. The van der Waals surface area contributed by atoms with Crippen LogP contribution in [0.25, 0.3) is 0 Å². The minimum Gasteiger partial charge on any atom is -0.496 e. The molecule has 1 heterocycles. The molecule has 0 unspecified atom stereocenters. The van der Waals surface area contributed by atoms with Gasteiger partial charge in [-0.15, -0.1) is 0 Å². The van der Waals surface area contributed by atoms with Crippen molar-refractivity contribution in [1.29, 1.82) is 0 Å². The van der Waals surface area contributed by atoms with Gasteiger partial charge >= 0.3 is 0 Å². The van der Waals surface area contributed by atoms with Gasteiger partial charge in [0, 0.05) is 5.56 Å². The second-order valence-electron chi connectivity index (χ2n) is 6.84. The summed E-state index contributed by atoms with van der Waals surface area (Å²) >= 11 is 0. The highest BCUT2D eigenvalue weighted by atomic mass is 32.2. The normalized spacial score (nSPS) is 17.3. The molecule has 7 nitrogen and oxygen atoms in total. The third-order valence-electron chi connectivity index (χ3n) is 4.64. The summed E-state index contributed by atoms with van der Waals surface area (Å²) in [5, 5.41) is 2.89. The molecule has 0 spiro atoms. The number of amides is 1. The smallest absolute Gasteiger partial charge is 0.263 e. The molecule has 0 fully saturated rings. The van der Waals surface area contributed by atoms with Gasteiger partial charge in [-0.1, -0.05) is 24.3 Å². The summed E-state index contributed by atoms with van der Waals surface area (Å²) in [6.07, 6.45) is 0.165.